The van der Waals surface area contributed by atoms with Gasteiger partial charge in [-0.3, -0.25) is 0 Å². The summed E-state index contributed by atoms with van der Waals surface area (Å²) in [7, 11) is 0. The molecule has 0 aromatic heterocycles. The van der Waals surface area contributed by atoms with E-state index in [0.717, 1.165) is 0 Å². The van der Waals surface area contributed by atoms with Gasteiger partial charge in [-0.2, -0.15) is 0 Å². The first-order chi connectivity index (χ1) is 13.1. The van der Waals surface area contributed by atoms with Gasteiger partial charge in [0.15, 0.2) is 0 Å². The Morgan fingerprint density at radius 2 is 1.54 bits per heavy atom. The van der Waals surface area contributed by atoms with Crippen molar-refractivity contribution in [2.75, 3.05) is 13.1 Å². The van der Waals surface area contributed by atoms with E-state index < -0.39 is 30.1 Å². The van der Waals surface area contributed by atoms with E-state index in [1.54, 1.807) is 4.90 Å². The van der Waals surface area contributed by atoms with Crippen molar-refractivity contribution in [3.63, 3.8) is 0 Å². The predicted octanol–water partition coefficient (Wildman–Crippen LogP) is 6.30. The van der Waals surface area contributed by atoms with Gasteiger partial charge >= 0.3 is 178 Å². The van der Waals surface area contributed by atoms with Crippen LogP contribution in [0.25, 0.3) is 0 Å². The molecule has 5 heteroatoms. The number of carbonyl (C=O) groups excluding carboxylic acids is 1. The average molecular weight is 502 g/mol. The van der Waals surface area contributed by atoms with Crippen LogP contribution in [0.2, 0.25) is 13.3 Å². The van der Waals surface area contributed by atoms with Gasteiger partial charge in [-0.25, -0.2) is 0 Å². The first-order valence-corrected chi connectivity index (χ1v) is 18.9. The van der Waals surface area contributed by atoms with E-state index in [-0.39, 0.29) is 6.09 Å². The zero-order chi connectivity index (χ0) is 21.4. The Morgan fingerprint density at radius 3 is 1.93 bits per heavy atom. The number of rotatable bonds is 10. The normalized spacial score (nSPS) is 18.6. The molecule has 0 aliphatic carbocycles. The number of carbonyl (C=O) groups is 1. The third-order valence-corrected chi connectivity index (χ3v) is 22.5. The van der Waals surface area contributed by atoms with E-state index in [9.17, 15) is 9.90 Å². The Labute approximate surface area is 178 Å². The van der Waals surface area contributed by atoms with Crippen molar-refractivity contribution >= 4 is 24.5 Å². The molecule has 1 heterocycles. The number of hydrogen-bond acceptors (Lipinski definition) is 3. The van der Waals surface area contributed by atoms with Gasteiger partial charge < -0.3 is 0 Å². The summed E-state index contributed by atoms with van der Waals surface area (Å²) < 4.78 is 11.2. The zero-order valence-electron chi connectivity index (χ0n) is 19.6. The Hall–Kier alpha value is -0.231. The fraction of sp³-hybridized carbons (Fsp3) is 0.870. The van der Waals surface area contributed by atoms with Gasteiger partial charge in [0.1, 0.15) is 0 Å². The molecule has 0 saturated carbocycles. The molecule has 28 heavy (non-hydrogen) atoms. The molecule has 1 aliphatic rings. The molecule has 4 nitrogen and oxygen atoms in total. The van der Waals surface area contributed by atoms with Gasteiger partial charge in [0.25, 0.3) is 0 Å². The van der Waals surface area contributed by atoms with Gasteiger partial charge in [-0.05, 0) is 0 Å². The van der Waals surface area contributed by atoms with Gasteiger partial charge in [-0.1, -0.05) is 0 Å². The van der Waals surface area contributed by atoms with Crippen LogP contribution in [0.5, 0.6) is 0 Å². The van der Waals surface area contributed by atoms with Crippen molar-refractivity contribution in [1.29, 1.82) is 0 Å². The Balaban J connectivity index is 3.25. The van der Waals surface area contributed by atoms with Gasteiger partial charge in [-0.15, -0.1) is 0 Å². The van der Waals surface area contributed by atoms with Crippen LogP contribution >= 0.6 is 0 Å². The Bertz CT molecular complexity index is 503. The molecule has 164 valence electrons. The summed E-state index contributed by atoms with van der Waals surface area (Å²) in [6.07, 6.45) is 6.69. The third-order valence-electron chi connectivity index (χ3n) is 6.04. The number of β-amino-alcohol motifs (C(OH)–C–C–N with tert-alkyl or cyclic N) is 1. The summed E-state index contributed by atoms with van der Waals surface area (Å²) in [5.74, 6) is 0. The monoisotopic (exact) mass is 503 g/mol. The summed E-state index contributed by atoms with van der Waals surface area (Å²) in [4.78, 5) is 14.5. The van der Waals surface area contributed by atoms with Crippen LogP contribution in [0.3, 0.4) is 0 Å². The van der Waals surface area contributed by atoms with E-state index >= 15 is 0 Å². The summed E-state index contributed by atoms with van der Waals surface area (Å²) in [5.41, 5.74) is 0.671. The number of hydrogen-bond donors (Lipinski definition) is 1. The quantitative estimate of drug-likeness (QED) is 0.357. The molecule has 0 radical (unpaired) electrons. The molecule has 0 saturated heterocycles. The molecule has 1 unspecified atom stereocenters. The minimum atomic E-state index is -2.68. The number of aliphatic hydroxyl groups is 1. The maximum absolute atomic E-state index is 12.8. The zero-order valence-corrected chi connectivity index (χ0v) is 22.4. The second-order valence-electron chi connectivity index (χ2n) is 9.63. The van der Waals surface area contributed by atoms with Crippen LogP contribution in [-0.4, -0.2) is 59.3 Å². The van der Waals surface area contributed by atoms with Gasteiger partial charge in [0.05, 0.1) is 0 Å². The Morgan fingerprint density at radius 1 is 1.07 bits per heavy atom. The van der Waals surface area contributed by atoms with Crippen molar-refractivity contribution in [2.24, 2.45) is 0 Å². The molecule has 1 atom stereocenters. The fourth-order valence-corrected chi connectivity index (χ4v) is 22.3. The Kier molecular flexibility index (Phi) is 10.9. The summed E-state index contributed by atoms with van der Waals surface area (Å²) in [6, 6.07) is 0. The van der Waals surface area contributed by atoms with E-state index in [4.69, 9.17) is 4.74 Å². The van der Waals surface area contributed by atoms with Crippen molar-refractivity contribution in [3.05, 3.63) is 9.16 Å². The fourth-order valence-electron chi connectivity index (χ4n) is 4.35. The van der Waals surface area contributed by atoms with Crippen LogP contribution in [0.4, 0.5) is 4.79 Å². The van der Waals surface area contributed by atoms with E-state index in [1.165, 1.54) is 61.0 Å². The third kappa shape index (κ3) is 7.55. The van der Waals surface area contributed by atoms with Crippen LogP contribution < -0.4 is 0 Å². The van der Waals surface area contributed by atoms with Crippen LogP contribution in [0, 0.1) is 0 Å². The van der Waals surface area contributed by atoms with E-state index in [0.29, 0.717) is 13.1 Å². The van der Waals surface area contributed by atoms with Crippen molar-refractivity contribution in [2.45, 2.75) is 112 Å². The van der Waals surface area contributed by atoms with Crippen LogP contribution in [0.1, 0.15) is 87.0 Å². The summed E-state index contributed by atoms with van der Waals surface area (Å²) in [6.45, 7) is 15.7. The number of amides is 1. The topological polar surface area (TPSA) is 49.8 Å². The molecule has 0 fully saturated rings. The van der Waals surface area contributed by atoms with Crippen molar-refractivity contribution < 1.29 is 14.6 Å². The predicted molar refractivity (Wildman–Crippen MR) is 121 cm³/mol. The van der Waals surface area contributed by atoms with E-state index in [2.05, 4.69) is 27.7 Å². The standard InChI is InChI=1S/C11H18NO3.3C4H9.Sn/c1-8-5-6-12(7-9(8)13)10(14)15-11(2,3)4;3*1-3-4-2;/h9,13H,6-7H2,1-4H3;3*1,3-4H2,2H3;. The molecular weight excluding hydrogens is 457 g/mol. The molecule has 0 spiro atoms. The molecule has 0 aromatic carbocycles. The first-order valence-electron chi connectivity index (χ1n) is 11.5. The first kappa shape index (κ1) is 25.8. The summed E-state index contributed by atoms with van der Waals surface area (Å²) >= 11 is -2.68. The molecule has 1 aliphatic heterocycles. The SMILES string of the molecule is CCC[CH2][Sn]([CH2]CCC)([CH2]CCC)[C]1=C(C)C(O)CN(C(=O)OC(C)(C)C)C1. The second-order valence-corrected chi connectivity index (χ2v) is 22.9. The molecule has 1 rings (SSSR count). The van der Waals surface area contributed by atoms with Crippen molar-refractivity contribution in [3.8, 4) is 0 Å². The van der Waals surface area contributed by atoms with Gasteiger partial charge in [0, 0.05) is 0 Å². The molecule has 1 N–H and O–H groups in total. The number of unbranched alkanes of at least 4 members (excludes halogenated alkanes) is 3. The number of ether oxygens (including phenoxy) is 1. The van der Waals surface area contributed by atoms with Gasteiger partial charge in [0.2, 0.25) is 0 Å². The second kappa shape index (κ2) is 11.8. The molecule has 0 bridgehead atoms. The van der Waals surface area contributed by atoms with Crippen LogP contribution in [0.15, 0.2) is 9.16 Å². The van der Waals surface area contributed by atoms with Crippen molar-refractivity contribution in [1.82, 2.24) is 4.90 Å². The maximum atomic E-state index is 12.8. The molecular formula is C23H45NO3Sn. The molecule has 0 aromatic rings. The van der Waals surface area contributed by atoms with Crippen LogP contribution in [-0.2, 0) is 4.74 Å². The molecule has 1 amide bonds. The average Bonchev–Trinajstić information content (AvgIpc) is 2.62. The number of nitrogens with zero attached hydrogens (tertiary/aromatic N) is 1. The summed E-state index contributed by atoms with van der Waals surface area (Å²) in [5, 5.41) is 10.8. The minimum absolute atomic E-state index is 0.279. The van der Waals surface area contributed by atoms with E-state index in [1.807, 2.05) is 20.8 Å². The number of aliphatic hydroxyl groups excluding tert-OH is 1.